The van der Waals surface area contributed by atoms with E-state index in [1.165, 1.54) is 54.9 Å². The fraction of sp³-hybridized carbons (Fsp3) is 0.0952. The molecule has 0 heteroatoms. The summed E-state index contributed by atoms with van der Waals surface area (Å²) >= 11 is 0. The van der Waals surface area contributed by atoms with Gasteiger partial charge in [0, 0.05) is 0 Å². The van der Waals surface area contributed by atoms with E-state index in [0.29, 0.717) is 0 Å². The Morgan fingerprint density at radius 3 is 1.38 bits per heavy atom. The van der Waals surface area contributed by atoms with E-state index >= 15 is 0 Å². The molecule has 7 aromatic rings. The van der Waals surface area contributed by atoms with E-state index in [1.807, 2.05) is 24.3 Å². The van der Waals surface area contributed by atoms with E-state index in [4.69, 9.17) is 0 Å². The topological polar surface area (TPSA) is 0 Å². The molecule has 0 amide bonds. The predicted octanol–water partition coefficient (Wildman–Crippen LogP) is 12.0. The Bertz CT molecular complexity index is 1770. The number of hydrogen-bond donors (Lipinski definition) is 0. The molecule has 0 saturated heterocycles. The Labute approximate surface area is 252 Å². The molecule has 0 bridgehead atoms. The van der Waals surface area contributed by atoms with Gasteiger partial charge in [-0.05, 0) is 65.9 Å². The number of fused-ring (bicyclic) bond motifs is 2. The fourth-order valence-electron chi connectivity index (χ4n) is 4.61. The van der Waals surface area contributed by atoms with E-state index in [0.717, 1.165) is 0 Å². The van der Waals surface area contributed by atoms with Crippen LogP contribution in [0.1, 0.15) is 22.3 Å². The Balaban J connectivity index is 0.000000131. The molecule has 0 nitrogen and oxygen atoms in total. The lowest BCUT2D eigenvalue weighted by Gasteiger charge is -2.00. The highest BCUT2D eigenvalue weighted by molar-refractivity contribution is 5.85. The van der Waals surface area contributed by atoms with Crippen LogP contribution in [0.4, 0.5) is 0 Å². The van der Waals surface area contributed by atoms with Crippen molar-refractivity contribution in [2.75, 3.05) is 0 Å². The van der Waals surface area contributed by atoms with Gasteiger partial charge in [0.1, 0.15) is 0 Å². The molecule has 0 heterocycles. The molecule has 42 heavy (non-hydrogen) atoms. The van der Waals surface area contributed by atoms with Gasteiger partial charge < -0.3 is 0 Å². The first-order valence-corrected chi connectivity index (χ1v) is 14.5. The molecule has 0 N–H and O–H groups in total. The lowest BCUT2D eigenvalue weighted by molar-refractivity contribution is 1.47. The van der Waals surface area contributed by atoms with Gasteiger partial charge >= 0.3 is 0 Å². The molecule has 0 aromatic heterocycles. The third-order valence-corrected chi connectivity index (χ3v) is 7.01. The number of benzene rings is 7. The Kier molecular flexibility index (Phi) is 11.3. The minimum atomic E-state index is 1.28. The fourth-order valence-corrected chi connectivity index (χ4v) is 4.61. The van der Waals surface area contributed by atoms with Gasteiger partial charge in [-0.25, -0.2) is 0 Å². The molecule has 0 fully saturated rings. The molecule has 0 spiro atoms. The van der Waals surface area contributed by atoms with Crippen LogP contribution in [0.15, 0.2) is 170 Å². The third-order valence-electron chi connectivity index (χ3n) is 7.01. The molecule has 0 atom stereocenters. The highest BCUT2D eigenvalue weighted by atomic mass is 14.0. The van der Waals surface area contributed by atoms with Crippen LogP contribution < -0.4 is 0 Å². The van der Waals surface area contributed by atoms with E-state index < -0.39 is 0 Å². The van der Waals surface area contributed by atoms with E-state index in [1.54, 1.807) is 0 Å². The second-order valence-corrected chi connectivity index (χ2v) is 10.5. The first kappa shape index (κ1) is 30.0. The van der Waals surface area contributed by atoms with Gasteiger partial charge in [0.2, 0.25) is 0 Å². The number of aryl methyl sites for hydroxylation is 4. The summed E-state index contributed by atoms with van der Waals surface area (Å²) in [5.74, 6) is 0. The zero-order chi connectivity index (χ0) is 29.6. The molecule has 0 radical (unpaired) electrons. The summed E-state index contributed by atoms with van der Waals surface area (Å²) in [6.07, 6.45) is 0. The lowest BCUT2D eigenvalue weighted by Crippen LogP contribution is -1.76. The zero-order valence-electron chi connectivity index (χ0n) is 25.2. The minimum Gasteiger partial charge on any atom is -0.0622 e. The van der Waals surface area contributed by atoms with Gasteiger partial charge in [-0.15, -0.1) is 0 Å². The van der Waals surface area contributed by atoms with Gasteiger partial charge in [-0.1, -0.05) is 187 Å². The first-order chi connectivity index (χ1) is 20.5. The van der Waals surface area contributed by atoms with Crippen LogP contribution >= 0.6 is 0 Å². The summed E-state index contributed by atoms with van der Waals surface area (Å²) in [6, 6.07) is 59.0. The first-order valence-electron chi connectivity index (χ1n) is 14.5. The average Bonchev–Trinajstić information content (AvgIpc) is 3.03. The monoisotopic (exact) mass is 544 g/mol. The van der Waals surface area contributed by atoms with Crippen molar-refractivity contribution < 1.29 is 0 Å². The van der Waals surface area contributed by atoms with Crippen LogP contribution in [0.5, 0.6) is 0 Å². The van der Waals surface area contributed by atoms with Gasteiger partial charge in [0.25, 0.3) is 0 Å². The molecular formula is C42H40. The predicted molar refractivity (Wildman–Crippen MR) is 185 cm³/mol. The van der Waals surface area contributed by atoms with Crippen LogP contribution in [-0.4, -0.2) is 0 Å². The number of rotatable bonds is 1. The summed E-state index contributed by atoms with van der Waals surface area (Å²) < 4.78 is 0. The molecule has 7 rings (SSSR count). The standard InChI is InChI=1S/C13H12.2C11H10.C7H8/c1-11-7-9-13(10-8-11)12-5-3-2-4-6-12;1-9-5-4-7-10-6-2-3-8-11(9)10;1-9-6-7-10-4-2-3-5-11(10)8-9;1-7-5-3-2-4-6-7/h2-10H,1H3;2*2-8H,1H3;2-6H,1H3. The summed E-state index contributed by atoms with van der Waals surface area (Å²) in [5.41, 5.74) is 7.86. The highest BCUT2D eigenvalue weighted by Crippen LogP contribution is 2.19. The van der Waals surface area contributed by atoms with Crippen LogP contribution in [0, 0.1) is 27.7 Å². The lowest BCUT2D eigenvalue weighted by atomic mass is 10.0. The Hall–Kier alpha value is -4.94. The molecule has 0 aliphatic heterocycles. The maximum atomic E-state index is 2.20. The molecule has 0 saturated carbocycles. The zero-order valence-corrected chi connectivity index (χ0v) is 25.2. The summed E-state index contributed by atoms with van der Waals surface area (Å²) in [5, 5.41) is 5.33. The molecule has 0 aliphatic carbocycles. The average molecular weight is 545 g/mol. The third kappa shape index (κ3) is 9.32. The summed E-state index contributed by atoms with van der Waals surface area (Å²) in [6.45, 7) is 8.45. The van der Waals surface area contributed by atoms with Crippen LogP contribution in [0.2, 0.25) is 0 Å². The van der Waals surface area contributed by atoms with Crippen molar-refractivity contribution in [3.8, 4) is 11.1 Å². The van der Waals surface area contributed by atoms with E-state index in [-0.39, 0.29) is 0 Å². The minimum absolute atomic E-state index is 1.28. The smallest absolute Gasteiger partial charge is 0.0155 e. The van der Waals surface area contributed by atoms with Crippen molar-refractivity contribution in [3.63, 3.8) is 0 Å². The van der Waals surface area contributed by atoms with Crippen molar-refractivity contribution in [1.82, 2.24) is 0 Å². The summed E-state index contributed by atoms with van der Waals surface area (Å²) in [4.78, 5) is 0. The largest absolute Gasteiger partial charge is 0.0622 e. The second-order valence-electron chi connectivity index (χ2n) is 10.5. The Morgan fingerprint density at radius 2 is 0.762 bits per heavy atom. The summed E-state index contributed by atoms with van der Waals surface area (Å²) in [7, 11) is 0. The van der Waals surface area contributed by atoms with Crippen molar-refractivity contribution >= 4 is 21.5 Å². The van der Waals surface area contributed by atoms with Gasteiger partial charge in [-0.2, -0.15) is 0 Å². The van der Waals surface area contributed by atoms with Crippen molar-refractivity contribution in [1.29, 1.82) is 0 Å². The highest BCUT2D eigenvalue weighted by Gasteiger charge is 1.94. The molecule has 7 aromatic carbocycles. The molecule has 208 valence electrons. The van der Waals surface area contributed by atoms with Crippen molar-refractivity contribution in [3.05, 3.63) is 192 Å². The van der Waals surface area contributed by atoms with E-state index in [2.05, 4.69) is 173 Å². The maximum absolute atomic E-state index is 2.20. The van der Waals surface area contributed by atoms with Crippen molar-refractivity contribution in [2.45, 2.75) is 27.7 Å². The van der Waals surface area contributed by atoms with Gasteiger partial charge in [-0.3, -0.25) is 0 Å². The van der Waals surface area contributed by atoms with Crippen molar-refractivity contribution in [2.24, 2.45) is 0 Å². The molecule has 0 aliphatic rings. The number of hydrogen-bond acceptors (Lipinski definition) is 0. The van der Waals surface area contributed by atoms with Gasteiger partial charge in [0.05, 0.1) is 0 Å². The quantitative estimate of drug-likeness (QED) is 0.193. The maximum Gasteiger partial charge on any atom is -0.0155 e. The second kappa shape index (κ2) is 15.7. The molecular weight excluding hydrogens is 504 g/mol. The van der Waals surface area contributed by atoms with E-state index in [9.17, 15) is 0 Å². The molecule has 0 unspecified atom stereocenters. The van der Waals surface area contributed by atoms with Crippen LogP contribution in [0.3, 0.4) is 0 Å². The van der Waals surface area contributed by atoms with Gasteiger partial charge in [0.15, 0.2) is 0 Å². The SMILES string of the molecule is Cc1ccc(-c2ccccc2)cc1.Cc1ccc2ccccc2c1.Cc1cccc2ccccc12.Cc1ccccc1. The van der Waals surface area contributed by atoms with Crippen LogP contribution in [-0.2, 0) is 0 Å². The normalized spacial score (nSPS) is 9.90. The van der Waals surface area contributed by atoms with Crippen LogP contribution in [0.25, 0.3) is 32.7 Å². The Morgan fingerprint density at radius 1 is 0.286 bits per heavy atom.